The molecule has 72 valence electrons. The molecule has 0 radical (unpaired) electrons. The van der Waals surface area contributed by atoms with Gasteiger partial charge in [-0.15, -0.1) is 6.58 Å². The van der Waals surface area contributed by atoms with Gasteiger partial charge in [0.1, 0.15) is 6.33 Å². The van der Waals surface area contributed by atoms with Crippen molar-refractivity contribution in [1.82, 2.24) is 14.6 Å². The van der Waals surface area contributed by atoms with Crippen LogP contribution in [0, 0.1) is 6.92 Å². The lowest BCUT2D eigenvalue weighted by Gasteiger charge is -1.96. The van der Waals surface area contributed by atoms with E-state index in [0.717, 1.165) is 27.8 Å². The number of halogens is 1. The van der Waals surface area contributed by atoms with E-state index in [1.165, 1.54) is 0 Å². The minimum absolute atomic E-state index is 0.785. The van der Waals surface area contributed by atoms with Crippen LogP contribution in [-0.2, 0) is 6.42 Å². The highest BCUT2D eigenvalue weighted by Gasteiger charge is 2.06. The van der Waals surface area contributed by atoms with Crippen LogP contribution in [0.2, 0.25) is 0 Å². The Morgan fingerprint density at radius 3 is 3.14 bits per heavy atom. The molecule has 0 spiro atoms. The molecule has 2 rings (SSSR count). The van der Waals surface area contributed by atoms with Gasteiger partial charge in [-0.2, -0.15) is 5.10 Å². The maximum atomic E-state index is 4.30. The summed E-state index contributed by atoms with van der Waals surface area (Å²) in [5, 5.41) is 4.30. The summed E-state index contributed by atoms with van der Waals surface area (Å²) in [6.45, 7) is 5.65. The zero-order valence-electron chi connectivity index (χ0n) is 7.87. The van der Waals surface area contributed by atoms with E-state index in [1.807, 2.05) is 19.1 Å². The molecule has 0 aliphatic carbocycles. The molecule has 2 heterocycles. The van der Waals surface area contributed by atoms with Gasteiger partial charge in [0, 0.05) is 12.1 Å². The number of allylic oxidation sites excluding steroid dienone is 1. The first kappa shape index (κ1) is 9.40. The van der Waals surface area contributed by atoms with Crippen LogP contribution in [0.1, 0.15) is 11.4 Å². The average Bonchev–Trinajstić information content (AvgIpc) is 2.45. The van der Waals surface area contributed by atoms with Gasteiger partial charge < -0.3 is 0 Å². The summed E-state index contributed by atoms with van der Waals surface area (Å²) in [4.78, 5) is 4.26. The number of aryl methyl sites for hydroxylation is 1. The van der Waals surface area contributed by atoms with Crippen LogP contribution in [-0.4, -0.2) is 14.6 Å². The molecular formula is C10H10BrN3. The van der Waals surface area contributed by atoms with Crippen molar-refractivity contribution in [3.8, 4) is 0 Å². The van der Waals surface area contributed by atoms with Gasteiger partial charge in [0.05, 0.1) is 15.7 Å². The fraction of sp³-hybridized carbons (Fsp3) is 0.200. The van der Waals surface area contributed by atoms with Crippen LogP contribution in [0.4, 0.5) is 0 Å². The van der Waals surface area contributed by atoms with Gasteiger partial charge in [-0.05, 0) is 28.9 Å². The van der Waals surface area contributed by atoms with Crippen LogP contribution in [0.15, 0.2) is 29.5 Å². The van der Waals surface area contributed by atoms with Gasteiger partial charge in [0.2, 0.25) is 0 Å². The van der Waals surface area contributed by atoms with Crippen molar-refractivity contribution >= 4 is 21.4 Å². The van der Waals surface area contributed by atoms with Crippen molar-refractivity contribution in [1.29, 1.82) is 0 Å². The van der Waals surface area contributed by atoms with E-state index in [9.17, 15) is 0 Å². The molecule has 0 bridgehead atoms. The van der Waals surface area contributed by atoms with Gasteiger partial charge in [-0.3, -0.25) is 0 Å². The quantitative estimate of drug-likeness (QED) is 0.769. The van der Waals surface area contributed by atoms with Gasteiger partial charge in [-0.1, -0.05) is 6.08 Å². The van der Waals surface area contributed by atoms with Crippen molar-refractivity contribution in [3.05, 3.63) is 40.9 Å². The van der Waals surface area contributed by atoms with Gasteiger partial charge in [0.25, 0.3) is 0 Å². The fourth-order valence-corrected chi connectivity index (χ4v) is 1.72. The van der Waals surface area contributed by atoms with Crippen LogP contribution in [0.5, 0.6) is 0 Å². The lowest BCUT2D eigenvalue weighted by molar-refractivity contribution is 0.884. The third-order valence-corrected chi connectivity index (χ3v) is 3.02. The number of aromatic nitrogens is 3. The predicted octanol–water partition coefficient (Wildman–Crippen LogP) is 2.53. The van der Waals surface area contributed by atoms with Gasteiger partial charge >= 0.3 is 0 Å². The Hall–Kier alpha value is -1.16. The Balaban J connectivity index is 2.63. The van der Waals surface area contributed by atoms with E-state index in [4.69, 9.17) is 0 Å². The second kappa shape index (κ2) is 3.53. The van der Waals surface area contributed by atoms with E-state index in [0.29, 0.717) is 0 Å². The maximum Gasteiger partial charge on any atom is 0.117 e. The standard InChI is InChI=1S/C10H10BrN3/c1-3-4-8-5-9-10(11)7(2)13-14(9)6-12-8/h3,5-6H,1,4H2,2H3. The number of hydrogen-bond acceptors (Lipinski definition) is 2. The highest BCUT2D eigenvalue weighted by Crippen LogP contribution is 2.21. The van der Waals surface area contributed by atoms with E-state index >= 15 is 0 Å². The first-order valence-corrected chi connectivity index (χ1v) is 5.12. The molecule has 0 fully saturated rings. The summed E-state index contributed by atoms with van der Waals surface area (Å²) < 4.78 is 2.80. The molecule has 0 saturated carbocycles. The molecule has 0 aliphatic heterocycles. The van der Waals surface area contributed by atoms with E-state index in [2.05, 4.69) is 32.6 Å². The molecule has 0 aliphatic rings. The second-order valence-electron chi connectivity index (χ2n) is 3.10. The average molecular weight is 252 g/mol. The van der Waals surface area contributed by atoms with Crippen LogP contribution in [0.3, 0.4) is 0 Å². The molecule has 0 atom stereocenters. The molecule has 2 aromatic rings. The lowest BCUT2D eigenvalue weighted by atomic mass is 10.3. The summed E-state index contributed by atoms with van der Waals surface area (Å²) in [7, 11) is 0. The monoisotopic (exact) mass is 251 g/mol. The Morgan fingerprint density at radius 1 is 1.64 bits per heavy atom. The minimum Gasteiger partial charge on any atom is -0.241 e. The Bertz CT molecular complexity index is 487. The molecule has 4 heteroatoms. The topological polar surface area (TPSA) is 30.2 Å². The summed E-state index contributed by atoms with van der Waals surface area (Å²) in [6, 6.07) is 2.02. The van der Waals surface area contributed by atoms with E-state index < -0.39 is 0 Å². The van der Waals surface area contributed by atoms with E-state index in [1.54, 1.807) is 10.8 Å². The van der Waals surface area contributed by atoms with Crippen molar-refractivity contribution in [2.45, 2.75) is 13.3 Å². The van der Waals surface area contributed by atoms with Crippen molar-refractivity contribution < 1.29 is 0 Å². The first-order valence-electron chi connectivity index (χ1n) is 4.32. The number of rotatable bonds is 2. The van der Waals surface area contributed by atoms with Crippen molar-refractivity contribution in [2.75, 3.05) is 0 Å². The second-order valence-corrected chi connectivity index (χ2v) is 3.90. The number of fused-ring (bicyclic) bond motifs is 1. The van der Waals surface area contributed by atoms with Crippen LogP contribution >= 0.6 is 15.9 Å². The Kier molecular flexibility index (Phi) is 2.37. The van der Waals surface area contributed by atoms with Crippen LogP contribution in [0.25, 0.3) is 5.52 Å². The summed E-state index contributed by atoms with van der Waals surface area (Å²) in [5.41, 5.74) is 3.03. The zero-order valence-corrected chi connectivity index (χ0v) is 9.45. The van der Waals surface area contributed by atoms with Gasteiger partial charge in [-0.25, -0.2) is 9.50 Å². The molecule has 3 nitrogen and oxygen atoms in total. The highest BCUT2D eigenvalue weighted by atomic mass is 79.9. The molecule has 0 N–H and O–H groups in total. The molecule has 0 saturated heterocycles. The highest BCUT2D eigenvalue weighted by molar-refractivity contribution is 9.10. The minimum atomic E-state index is 0.785. The normalized spacial score (nSPS) is 10.7. The fourth-order valence-electron chi connectivity index (χ4n) is 1.35. The zero-order chi connectivity index (χ0) is 10.1. The summed E-state index contributed by atoms with van der Waals surface area (Å²) >= 11 is 3.50. The molecule has 0 amide bonds. The summed E-state index contributed by atoms with van der Waals surface area (Å²) in [6.07, 6.45) is 4.36. The largest absolute Gasteiger partial charge is 0.241 e. The van der Waals surface area contributed by atoms with E-state index in [-0.39, 0.29) is 0 Å². The SMILES string of the molecule is C=CCc1cc2c(Br)c(C)nn2cn1. The summed E-state index contributed by atoms with van der Waals surface area (Å²) in [5.74, 6) is 0. The predicted molar refractivity (Wildman–Crippen MR) is 59.3 cm³/mol. The Morgan fingerprint density at radius 2 is 2.43 bits per heavy atom. The lowest BCUT2D eigenvalue weighted by Crippen LogP contribution is -1.93. The molecular weight excluding hydrogens is 242 g/mol. The number of nitrogens with zero attached hydrogens (tertiary/aromatic N) is 3. The molecule has 14 heavy (non-hydrogen) atoms. The molecule has 2 aromatic heterocycles. The first-order chi connectivity index (χ1) is 6.72. The van der Waals surface area contributed by atoms with Crippen molar-refractivity contribution in [2.24, 2.45) is 0 Å². The smallest absolute Gasteiger partial charge is 0.117 e. The maximum absolute atomic E-state index is 4.30. The van der Waals surface area contributed by atoms with Gasteiger partial charge in [0.15, 0.2) is 0 Å². The third-order valence-electron chi connectivity index (χ3n) is 2.04. The third kappa shape index (κ3) is 1.46. The Labute approximate surface area is 90.6 Å². The number of hydrogen-bond donors (Lipinski definition) is 0. The molecule has 0 aromatic carbocycles. The van der Waals surface area contributed by atoms with Crippen LogP contribution < -0.4 is 0 Å². The van der Waals surface area contributed by atoms with Crippen molar-refractivity contribution in [3.63, 3.8) is 0 Å². The molecule has 0 unspecified atom stereocenters.